The number of anilines is 1. The van der Waals surface area contributed by atoms with Gasteiger partial charge in [-0.15, -0.1) is 0 Å². The largest absolute Gasteiger partial charge is 0.351 e. The van der Waals surface area contributed by atoms with Crippen LogP contribution >= 0.6 is 11.6 Å². The number of amides is 3. The molecule has 1 unspecified atom stereocenters. The Kier molecular flexibility index (Phi) is 7.66. The summed E-state index contributed by atoms with van der Waals surface area (Å²) in [6.45, 7) is 2.05. The summed E-state index contributed by atoms with van der Waals surface area (Å²) in [7, 11) is 0. The zero-order chi connectivity index (χ0) is 22.3. The van der Waals surface area contributed by atoms with E-state index >= 15 is 0 Å². The molecule has 0 radical (unpaired) electrons. The lowest BCUT2D eigenvalue weighted by Gasteiger charge is -2.36. The first-order chi connectivity index (χ1) is 15.6. The molecule has 6 nitrogen and oxygen atoms in total. The van der Waals surface area contributed by atoms with E-state index < -0.39 is 12.1 Å². The Morgan fingerprint density at radius 2 is 1.56 bits per heavy atom. The molecule has 0 spiro atoms. The highest BCUT2D eigenvalue weighted by Gasteiger charge is 2.30. The molecule has 2 aromatic carbocycles. The molecule has 1 saturated heterocycles. The minimum atomic E-state index is -0.767. The van der Waals surface area contributed by atoms with Crippen molar-refractivity contribution >= 4 is 29.2 Å². The number of halogens is 1. The first-order valence-corrected chi connectivity index (χ1v) is 11.9. The van der Waals surface area contributed by atoms with Crippen LogP contribution in [-0.2, 0) is 4.79 Å². The Morgan fingerprint density at radius 1 is 0.906 bits per heavy atom. The third kappa shape index (κ3) is 6.02. The van der Waals surface area contributed by atoms with E-state index in [1.54, 1.807) is 24.3 Å². The van der Waals surface area contributed by atoms with Gasteiger partial charge in [0.05, 0.1) is 0 Å². The van der Waals surface area contributed by atoms with Crippen molar-refractivity contribution in [3.05, 3.63) is 65.2 Å². The van der Waals surface area contributed by atoms with E-state index in [4.69, 9.17) is 11.6 Å². The Bertz CT molecular complexity index is 892. The molecule has 0 aromatic heterocycles. The number of urea groups is 1. The fraction of sp³-hybridized carbons (Fsp3) is 0.440. The molecule has 1 aliphatic carbocycles. The summed E-state index contributed by atoms with van der Waals surface area (Å²) in [5.41, 5.74) is 1.36. The minimum absolute atomic E-state index is 0.132. The average Bonchev–Trinajstić information content (AvgIpc) is 3.35. The summed E-state index contributed by atoms with van der Waals surface area (Å²) < 4.78 is 0. The molecule has 32 heavy (non-hydrogen) atoms. The maximum atomic E-state index is 13.2. The van der Waals surface area contributed by atoms with E-state index in [9.17, 15) is 9.59 Å². The van der Waals surface area contributed by atoms with E-state index in [2.05, 4.69) is 20.9 Å². The highest BCUT2D eigenvalue weighted by Crippen LogP contribution is 2.26. The van der Waals surface area contributed by atoms with Crippen LogP contribution in [0, 0.1) is 0 Å². The van der Waals surface area contributed by atoms with E-state index in [0.29, 0.717) is 10.7 Å². The van der Waals surface area contributed by atoms with E-state index in [-0.39, 0.29) is 11.9 Å². The quantitative estimate of drug-likeness (QED) is 0.591. The standard InChI is InChI=1S/C25H31ClN4O2/c26-19-10-12-20(13-11-19)28-25(32)29-23(18-6-2-1-3-7-18)24(31)27-21-14-16-30(17-15-21)22-8-4-5-9-22/h1-3,6-7,10-13,21-23H,4-5,8-9,14-17H2,(H,27,31)(H2,28,29,32). The number of hydrogen-bond donors (Lipinski definition) is 3. The van der Waals surface area contributed by atoms with Crippen molar-refractivity contribution in [2.75, 3.05) is 18.4 Å². The average molecular weight is 455 g/mol. The Balaban J connectivity index is 1.36. The molecule has 4 rings (SSSR count). The fourth-order valence-electron chi connectivity index (χ4n) is 4.74. The van der Waals surface area contributed by atoms with Crippen LogP contribution in [0.15, 0.2) is 54.6 Å². The number of piperidine rings is 1. The van der Waals surface area contributed by atoms with Crippen LogP contribution in [0.25, 0.3) is 0 Å². The van der Waals surface area contributed by atoms with E-state index in [1.807, 2.05) is 30.3 Å². The van der Waals surface area contributed by atoms with Gasteiger partial charge in [0.1, 0.15) is 6.04 Å². The van der Waals surface area contributed by atoms with Crippen LogP contribution in [0.5, 0.6) is 0 Å². The van der Waals surface area contributed by atoms with Crippen molar-refractivity contribution in [1.29, 1.82) is 0 Å². The SMILES string of the molecule is O=C(Nc1ccc(Cl)cc1)NC(C(=O)NC1CCN(C2CCCC2)CC1)c1ccccc1. The third-order valence-electron chi connectivity index (χ3n) is 6.49. The lowest BCUT2D eigenvalue weighted by Crippen LogP contribution is -2.50. The number of hydrogen-bond acceptors (Lipinski definition) is 3. The summed E-state index contributed by atoms with van der Waals surface area (Å²) in [6, 6.07) is 15.8. The summed E-state index contributed by atoms with van der Waals surface area (Å²) >= 11 is 5.91. The first-order valence-electron chi connectivity index (χ1n) is 11.5. The van der Waals surface area contributed by atoms with Gasteiger partial charge >= 0.3 is 6.03 Å². The Labute approximate surface area is 194 Å². The molecule has 1 heterocycles. The van der Waals surface area contributed by atoms with E-state index in [1.165, 1.54) is 25.7 Å². The fourth-order valence-corrected chi connectivity index (χ4v) is 4.87. The van der Waals surface area contributed by atoms with Gasteiger partial charge in [0.2, 0.25) is 5.91 Å². The highest BCUT2D eigenvalue weighted by molar-refractivity contribution is 6.30. The van der Waals surface area contributed by atoms with Crippen molar-refractivity contribution in [3.8, 4) is 0 Å². The van der Waals surface area contributed by atoms with Crippen molar-refractivity contribution < 1.29 is 9.59 Å². The number of carbonyl (C=O) groups is 2. The lowest BCUT2D eigenvalue weighted by molar-refractivity contribution is -0.124. The maximum Gasteiger partial charge on any atom is 0.320 e. The summed E-state index contributed by atoms with van der Waals surface area (Å²) in [5.74, 6) is -0.179. The maximum absolute atomic E-state index is 13.2. The van der Waals surface area contributed by atoms with Crippen molar-refractivity contribution in [2.45, 2.75) is 56.7 Å². The van der Waals surface area contributed by atoms with Crippen molar-refractivity contribution in [3.63, 3.8) is 0 Å². The van der Waals surface area contributed by atoms with E-state index in [0.717, 1.165) is 37.5 Å². The molecule has 0 bridgehead atoms. The summed E-state index contributed by atoms with van der Waals surface area (Å²) in [6.07, 6.45) is 7.18. The Morgan fingerprint density at radius 3 is 2.22 bits per heavy atom. The molecule has 3 amide bonds. The molecule has 2 fully saturated rings. The Hall–Kier alpha value is -2.57. The predicted molar refractivity (Wildman–Crippen MR) is 128 cm³/mol. The molecule has 1 aliphatic heterocycles. The van der Waals surface area contributed by atoms with Gasteiger partial charge in [0.15, 0.2) is 0 Å². The number of carbonyl (C=O) groups excluding carboxylic acids is 2. The van der Waals surface area contributed by atoms with Crippen LogP contribution < -0.4 is 16.0 Å². The molecular weight excluding hydrogens is 424 g/mol. The zero-order valence-corrected chi connectivity index (χ0v) is 19.0. The smallest absolute Gasteiger partial charge is 0.320 e. The van der Waals surface area contributed by atoms with Gasteiger partial charge in [0.25, 0.3) is 0 Å². The normalized spacial score (nSPS) is 18.8. The minimum Gasteiger partial charge on any atom is -0.351 e. The van der Waals surface area contributed by atoms with Gasteiger partial charge in [-0.25, -0.2) is 4.79 Å². The van der Waals surface area contributed by atoms with Crippen LogP contribution in [0.3, 0.4) is 0 Å². The van der Waals surface area contributed by atoms with Gasteiger partial charge in [-0.05, 0) is 55.5 Å². The molecule has 3 N–H and O–H groups in total. The third-order valence-corrected chi connectivity index (χ3v) is 6.74. The van der Waals surface area contributed by atoms with Crippen LogP contribution in [0.1, 0.15) is 50.1 Å². The second-order valence-corrected chi connectivity index (χ2v) is 9.14. The molecule has 7 heteroatoms. The molecule has 1 atom stereocenters. The monoisotopic (exact) mass is 454 g/mol. The molecule has 2 aromatic rings. The summed E-state index contributed by atoms with van der Waals surface area (Å²) in [5, 5.41) is 9.38. The number of nitrogens with zero attached hydrogens (tertiary/aromatic N) is 1. The topological polar surface area (TPSA) is 73.5 Å². The second kappa shape index (κ2) is 10.8. The zero-order valence-electron chi connectivity index (χ0n) is 18.2. The van der Waals surface area contributed by atoms with Gasteiger partial charge in [-0.1, -0.05) is 54.8 Å². The number of rotatable bonds is 6. The van der Waals surface area contributed by atoms with Crippen molar-refractivity contribution in [2.24, 2.45) is 0 Å². The second-order valence-electron chi connectivity index (χ2n) is 8.71. The van der Waals surface area contributed by atoms with Crippen LogP contribution in [-0.4, -0.2) is 42.0 Å². The summed E-state index contributed by atoms with van der Waals surface area (Å²) in [4.78, 5) is 28.4. The van der Waals surface area contributed by atoms with Gasteiger partial charge < -0.3 is 20.9 Å². The molecule has 2 aliphatic rings. The van der Waals surface area contributed by atoms with Gasteiger partial charge in [-0.3, -0.25) is 4.79 Å². The number of benzene rings is 2. The van der Waals surface area contributed by atoms with Crippen molar-refractivity contribution in [1.82, 2.24) is 15.5 Å². The molecule has 1 saturated carbocycles. The number of nitrogens with one attached hydrogen (secondary N) is 3. The first kappa shape index (κ1) is 22.6. The van der Waals surface area contributed by atoms with Crippen LogP contribution in [0.2, 0.25) is 5.02 Å². The predicted octanol–water partition coefficient (Wildman–Crippen LogP) is 4.73. The lowest BCUT2D eigenvalue weighted by atomic mass is 10.0. The number of likely N-dealkylation sites (tertiary alicyclic amines) is 1. The highest BCUT2D eigenvalue weighted by atomic mass is 35.5. The van der Waals surface area contributed by atoms with Gasteiger partial charge in [0, 0.05) is 35.9 Å². The van der Waals surface area contributed by atoms with Gasteiger partial charge in [-0.2, -0.15) is 0 Å². The molecular formula is C25H31ClN4O2. The van der Waals surface area contributed by atoms with Crippen LogP contribution in [0.4, 0.5) is 10.5 Å². The molecule has 170 valence electrons.